The van der Waals surface area contributed by atoms with Crippen LogP contribution in [0.3, 0.4) is 0 Å². The van der Waals surface area contributed by atoms with Gasteiger partial charge in [-0.1, -0.05) is 0 Å². The van der Waals surface area contributed by atoms with Crippen LogP contribution in [-0.4, -0.2) is 29.9 Å². The van der Waals surface area contributed by atoms with Gasteiger partial charge in [-0.25, -0.2) is 18.2 Å². The maximum Gasteiger partial charge on any atom is 0.132 e. The highest BCUT2D eigenvalue weighted by Crippen LogP contribution is 2.23. The standard InChI is InChI=1S/C19H15F3N6/c1-11-19(26-27-25-11)12-2-4-23-17(6-12)18-9-28(10-24-18)5-3-14-15(21)7-13(20)8-16(14)22/h2,4,6-10H,3,5H2,1H3,(H,25,26,27). The molecular formula is C19H15F3N6. The summed E-state index contributed by atoms with van der Waals surface area (Å²) in [5.41, 5.74) is 3.44. The largest absolute Gasteiger partial charge is 0.336 e. The van der Waals surface area contributed by atoms with E-state index in [1.54, 1.807) is 23.3 Å². The predicted molar refractivity (Wildman–Crippen MR) is 95.6 cm³/mol. The summed E-state index contributed by atoms with van der Waals surface area (Å²) < 4.78 is 42.2. The fraction of sp³-hybridized carbons (Fsp3) is 0.158. The van der Waals surface area contributed by atoms with Crippen LogP contribution in [0.2, 0.25) is 0 Å². The molecule has 0 aliphatic heterocycles. The second-order valence-electron chi connectivity index (χ2n) is 6.28. The molecule has 0 aliphatic rings. The molecule has 0 atom stereocenters. The van der Waals surface area contributed by atoms with Gasteiger partial charge in [0.05, 0.1) is 17.7 Å². The molecule has 4 aromatic rings. The number of benzene rings is 1. The third-order valence-electron chi connectivity index (χ3n) is 4.38. The summed E-state index contributed by atoms with van der Waals surface area (Å²) in [5.74, 6) is -2.72. The van der Waals surface area contributed by atoms with Crippen molar-refractivity contribution in [1.29, 1.82) is 0 Å². The summed E-state index contributed by atoms with van der Waals surface area (Å²) in [4.78, 5) is 8.63. The van der Waals surface area contributed by atoms with E-state index in [2.05, 4.69) is 25.4 Å². The molecule has 0 radical (unpaired) electrons. The summed E-state index contributed by atoms with van der Waals surface area (Å²) in [6.45, 7) is 2.13. The van der Waals surface area contributed by atoms with Crippen LogP contribution in [0, 0.1) is 24.4 Å². The fourth-order valence-electron chi connectivity index (χ4n) is 2.94. The van der Waals surface area contributed by atoms with Crippen molar-refractivity contribution in [1.82, 2.24) is 29.9 Å². The number of nitrogens with zero attached hydrogens (tertiary/aromatic N) is 5. The molecule has 0 unspecified atom stereocenters. The second-order valence-corrected chi connectivity index (χ2v) is 6.28. The fourth-order valence-corrected chi connectivity index (χ4v) is 2.94. The Morgan fingerprint density at radius 3 is 2.50 bits per heavy atom. The van der Waals surface area contributed by atoms with Crippen LogP contribution in [0.25, 0.3) is 22.6 Å². The van der Waals surface area contributed by atoms with Gasteiger partial charge in [-0.15, -0.1) is 0 Å². The zero-order valence-electron chi connectivity index (χ0n) is 14.8. The third kappa shape index (κ3) is 3.51. The molecule has 0 amide bonds. The molecule has 0 saturated carbocycles. The highest BCUT2D eigenvalue weighted by Gasteiger charge is 2.13. The van der Waals surface area contributed by atoms with Crippen molar-refractivity contribution in [3.05, 3.63) is 71.7 Å². The predicted octanol–water partition coefficient (Wildman–Crippen LogP) is 3.70. The molecule has 3 heterocycles. The van der Waals surface area contributed by atoms with Gasteiger partial charge in [0.2, 0.25) is 0 Å². The Labute approximate surface area is 158 Å². The zero-order chi connectivity index (χ0) is 19.7. The molecule has 9 heteroatoms. The Morgan fingerprint density at radius 1 is 1.00 bits per heavy atom. The molecule has 6 nitrogen and oxygen atoms in total. The molecule has 0 spiro atoms. The Bertz CT molecular complexity index is 1110. The number of H-pyrrole nitrogens is 1. The van der Waals surface area contributed by atoms with E-state index in [0.717, 1.165) is 17.0 Å². The number of hydrogen-bond donors (Lipinski definition) is 1. The van der Waals surface area contributed by atoms with Crippen LogP contribution in [0.15, 0.2) is 43.0 Å². The van der Waals surface area contributed by atoms with E-state index >= 15 is 0 Å². The average Bonchev–Trinajstić information content (AvgIpc) is 3.30. The molecule has 0 saturated heterocycles. The number of halogens is 3. The molecule has 0 fully saturated rings. The van der Waals surface area contributed by atoms with Gasteiger partial charge in [-0.3, -0.25) is 4.98 Å². The lowest BCUT2D eigenvalue weighted by molar-refractivity contribution is 0.514. The van der Waals surface area contributed by atoms with E-state index in [1.165, 1.54) is 0 Å². The number of aromatic nitrogens is 6. The van der Waals surface area contributed by atoms with E-state index < -0.39 is 17.5 Å². The molecular weight excluding hydrogens is 369 g/mol. The van der Waals surface area contributed by atoms with Crippen LogP contribution in [0.5, 0.6) is 0 Å². The summed E-state index contributed by atoms with van der Waals surface area (Å²) in [6, 6.07) is 5.03. The van der Waals surface area contributed by atoms with Crippen LogP contribution in [0.1, 0.15) is 11.3 Å². The number of aromatic amines is 1. The van der Waals surface area contributed by atoms with Crippen molar-refractivity contribution in [3.8, 4) is 22.6 Å². The Hall–Kier alpha value is -3.49. The molecule has 142 valence electrons. The van der Waals surface area contributed by atoms with Crippen LogP contribution < -0.4 is 0 Å². The SMILES string of the molecule is Cc1n[nH]nc1-c1ccnc(-c2cn(CCc3c(F)cc(F)cc3F)cn2)c1. The van der Waals surface area contributed by atoms with Crippen molar-refractivity contribution in [2.75, 3.05) is 0 Å². The number of pyridine rings is 1. The summed E-state index contributed by atoms with van der Waals surface area (Å²) in [6.07, 6.45) is 5.02. The topological polar surface area (TPSA) is 72.3 Å². The third-order valence-corrected chi connectivity index (χ3v) is 4.38. The van der Waals surface area contributed by atoms with E-state index in [0.29, 0.717) is 23.5 Å². The lowest BCUT2D eigenvalue weighted by Crippen LogP contribution is -2.04. The van der Waals surface area contributed by atoms with Crippen LogP contribution in [-0.2, 0) is 13.0 Å². The van der Waals surface area contributed by atoms with Crippen molar-refractivity contribution in [2.45, 2.75) is 19.9 Å². The number of nitrogens with one attached hydrogen (secondary N) is 1. The molecule has 1 aromatic carbocycles. The first kappa shape index (κ1) is 17.9. The minimum absolute atomic E-state index is 0.0688. The first-order valence-electron chi connectivity index (χ1n) is 8.50. The van der Waals surface area contributed by atoms with Crippen molar-refractivity contribution >= 4 is 0 Å². The lowest BCUT2D eigenvalue weighted by Gasteiger charge is -2.06. The summed E-state index contributed by atoms with van der Waals surface area (Å²) in [7, 11) is 0. The highest BCUT2D eigenvalue weighted by atomic mass is 19.1. The van der Waals surface area contributed by atoms with Gasteiger partial charge in [0.25, 0.3) is 0 Å². The summed E-state index contributed by atoms with van der Waals surface area (Å²) >= 11 is 0. The van der Waals surface area contributed by atoms with Gasteiger partial charge >= 0.3 is 0 Å². The Kier molecular flexibility index (Phi) is 4.64. The van der Waals surface area contributed by atoms with Gasteiger partial charge in [0, 0.05) is 42.2 Å². The minimum atomic E-state index is -0.933. The van der Waals surface area contributed by atoms with Crippen LogP contribution >= 0.6 is 0 Å². The zero-order valence-corrected chi connectivity index (χ0v) is 14.8. The smallest absolute Gasteiger partial charge is 0.132 e. The second kappa shape index (κ2) is 7.26. The van der Waals surface area contributed by atoms with Gasteiger partial charge in [0.15, 0.2) is 0 Å². The molecule has 1 N–H and O–H groups in total. The van der Waals surface area contributed by atoms with E-state index in [-0.39, 0.29) is 18.5 Å². The number of hydrogen-bond acceptors (Lipinski definition) is 4. The normalized spacial score (nSPS) is 11.1. The highest BCUT2D eigenvalue weighted by molar-refractivity contribution is 5.67. The average molecular weight is 384 g/mol. The molecule has 4 rings (SSSR count). The van der Waals surface area contributed by atoms with E-state index in [9.17, 15) is 13.2 Å². The molecule has 28 heavy (non-hydrogen) atoms. The maximum absolute atomic E-state index is 13.8. The maximum atomic E-state index is 13.8. The van der Waals surface area contributed by atoms with Crippen LogP contribution in [0.4, 0.5) is 13.2 Å². The minimum Gasteiger partial charge on any atom is -0.336 e. The number of imidazole rings is 1. The quantitative estimate of drug-likeness (QED) is 0.570. The van der Waals surface area contributed by atoms with Crippen molar-refractivity contribution in [2.24, 2.45) is 0 Å². The first-order chi connectivity index (χ1) is 13.5. The number of rotatable bonds is 5. The van der Waals surface area contributed by atoms with Gasteiger partial charge in [-0.2, -0.15) is 15.4 Å². The molecule has 3 aromatic heterocycles. The Morgan fingerprint density at radius 2 is 1.79 bits per heavy atom. The van der Waals surface area contributed by atoms with Gasteiger partial charge in [-0.05, 0) is 25.5 Å². The molecule has 0 bridgehead atoms. The molecule has 0 aliphatic carbocycles. The first-order valence-corrected chi connectivity index (χ1v) is 8.50. The Balaban J connectivity index is 1.53. The monoisotopic (exact) mass is 384 g/mol. The van der Waals surface area contributed by atoms with Gasteiger partial charge in [0.1, 0.15) is 28.8 Å². The lowest BCUT2D eigenvalue weighted by atomic mass is 10.1. The summed E-state index contributed by atoms with van der Waals surface area (Å²) in [5, 5.41) is 10.7. The van der Waals surface area contributed by atoms with Crippen molar-refractivity contribution in [3.63, 3.8) is 0 Å². The number of aryl methyl sites for hydroxylation is 2. The van der Waals surface area contributed by atoms with Crippen molar-refractivity contribution < 1.29 is 13.2 Å². The van der Waals surface area contributed by atoms with Gasteiger partial charge < -0.3 is 4.57 Å². The van der Waals surface area contributed by atoms with E-state index in [4.69, 9.17) is 0 Å². The van der Waals surface area contributed by atoms with E-state index in [1.807, 2.05) is 19.1 Å².